The van der Waals surface area contributed by atoms with Crippen LogP contribution in [0.25, 0.3) is 22.2 Å². The fourth-order valence-electron chi connectivity index (χ4n) is 3.06. The lowest BCUT2D eigenvalue weighted by Gasteiger charge is -2.23. The number of benzene rings is 1. The number of aromatic nitrogens is 2. The lowest BCUT2D eigenvalue weighted by atomic mass is 10.1. The number of methoxy groups -OCH3 is 1. The summed E-state index contributed by atoms with van der Waals surface area (Å²) in [5, 5.41) is 0. The number of alkyl halides is 1. The van der Waals surface area contributed by atoms with Crippen LogP contribution >= 0.6 is 0 Å². The van der Waals surface area contributed by atoms with E-state index in [0.29, 0.717) is 5.56 Å². The number of aromatic amines is 1. The minimum Gasteiger partial charge on any atom is -0.497 e. The van der Waals surface area contributed by atoms with Gasteiger partial charge in [0.05, 0.1) is 18.1 Å². The van der Waals surface area contributed by atoms with Crippen molar-refractivity contribution in [1.82, 2.24) is 14.9 Å². The van der Waals surface area contributed by atoms with E-state index in [0.717, 1.165) is 60.1 Å². The number of carbonyl (C=O) groups excluding carboxylic acids is 1. The zero-order valence-corrected chi connectivity index (χ0v) is 15.6. The summed E-state index contributed by atoms with van der Waals surface area (Å²) in [6.07, 6.45) is 5.21. The first kappa shape index (κ1) is 19.0. The van der Waals surface area contributed by atoms with Crippen molar-refractivity contribution >= 4 is 17.3 Å². The summed E-state index contributed by atoms with van der Waals surface area (Å²) in [5.74, 6) is 0.819. The number of H-pyrrole nitrogens is 1. The third kappa shape index (κ3) is 4.71. The van der Waals surface area contributed by atoms with Crippen molar-refractivity contribution in [1.29, 1.82) is 0 Å². The Morgan fingerprint density at radius 2 is 1.96 bits per heavy atom. The summed E-state index contributed by atoms with van der Waals surface area (Å²) < 4.78 is 17.5. The normalized spacial score (nSPS) is 15.2. The third-order valence-corrected chi connectivity index (χ3v) is 4.72. The van der Waals surface area contributed by atoms with Crippen LogP contribution in [0.2, 0.25) is 0 Å². The van der Waals surface area contributed by atoms with Crippen LogP contribution in [0.3, 0.4) is 0 Å². The van der Waals surface area contributed by atoms with Crippen LogP contribution in [0, 0.1) is 0 Å². The van der Waals surface area contributed by atoms with E-state index >= 15 is 0 Å². The Morgan fingerprint density at radius 1 is 1.26 bits per heavy atom. The number of pyridine rings is 1. The molecule has 1 aliphatic rings. The molecule has 0 spiro atoms. The number of nitrogens with one attached hydrogen (secondary N) is 1. The summed E-state index contributed by atoms with van der Waals surface area (Å²) in [6, 6.07) is 9.58. The fourth-order valence-corrected chi connectivity index (χ4v) is 3.06. The largest absolute Gasteiger partial charge is 0.497 e. The van der Waals surface area contributed by atoms with Crippen molar-refractivity contribution in [3.05, 3.63) is 48.3 Å². The molecule has 2 aromatic heterocycles. The SMILES string of the molecule is CN1CCC(F)CC1.COc1ccc(-c2c[nH]c3cc(C=O)cnc23)cc1. The van der Waals surface area contributed by atoms with Gasteiger partial charge in [0.15, 0.2) is 6.29 Å². The average molecular weight is 369 g/mol. The number of carbonyl (C=O) groups is 1. The number of ether oxygens (including phenoxy) is 1. The van der Waals surface area contributed by atoms with Crippen LogP contribution in [0.5, 0.6) is 5.75 Å². The molecule has 1 N–H and O–H groups in total. The van der Waals surface area contributed by atoms with Crippen LogP contribution in [-0.4, -0.2) is 54.6 Å². The van der Waals surface area contributed by atoms with Crippen molar-refractivity contribution in [3.63, 3.8) is 0 Å². The maximum atomic E-state index is 12.3. The van der Waals surface area contributed by atoms with E-state index in [1.165, 1.54) is 0 Å². The minimum atomic E-state index is -0.522. The van der Waals surface area contributed by atoms with E-state index in [2.05, 4.69) is 14.9 Å². The van der Waals surface area contributed by atoms with E-state index in [4.69, 9.17) is 4.74 Å². The number of nitrogens with zero attached hydrogens (tertiary/aromatic N) is 2. The molecule has 1 aliphatic heterocycles. The molecule has 6 heteroatoms. The molecule has 1 aromatic carbocycles. The number of rotatable bonds is 3. The summed E-state index contributed by atoms with van der Waals surface area (Å²) in [7, 11) is 3.68. The van der Waals surface area contributed by atoms with Gasteiger partial charge in [-0.15, -0.1) is 0 Å². The molecule has 4 rings (SSSR count). The van der Waals surface area contributed by atoms with Crippen molar-refractivity contribution in [2.75, 3.05) is 27.2 Å². The topological polar surface area (TPSA) is 58.2 Å². The predicted octanol–water partition coefficient (Wildman–Crippen LogP) is 4.10. The molecule has 1 fully saturated rings. The van der Waals surface area contributed by atoms with Crippen molar-refractivity contribution in [2.45, 2.75) is 19.0 Å². The Balaban J connectivity index is 0.000000221. The number of likely N-dealkylation sites (tertiary alicyclic amines) is 1. The zero-order valence-electron chi connectivity index (χ0n) is 15.6. The van der Waals surface area contributed by atoms with Gasteiger partial charge in [0.25, 0.3) is 0 Å². The molecule has 0 amide bonds. The summed E-state index contributed by atoms with van der Waals surface area (Å²) in [5.41, 5.74) is 4.34. The fraction of sp³-hybridized carbons (Fsp3) is 0.333. The van der Waals surface area contributed by atoms with Gasteiger partial charge < -0.3 is 14.6 Å². The molecule has 0 saturated carbocycles. The van der Waals surface area contributed by atoms with Gasteiger partial charge in [0.1, 0.15) is 11.9 Å². The molecule has 3 aromatic rings. The first-order valence-corrected chi connectivity index (χ1v) is 9.00. The van der Waals surface area contributed by atoms with Crippen LogP contribution in [0.15, 0.2) is 42.7 Å². The van der Waals surface area contributed by atoms with E-state index < -0.39 is 6.17 Å². The molecule has 0 aliphatic carbocycles. The van der Waals surface area contributed by atoms with Gasteiger partial charge in [0.2, 0.25) is 0 Å². The molecule has 0 radical (unpaired) electrons. The Hall–Kier alpha value is -2.73. The first-order chi connectivity index (χ1) is 13.1. The van der Waals surface area contributed by atoms with Crippen molar-refractivity contribution in [2.24, 2.45) is 0 Å². The lowest BCUT2D eigenvalue weighted by Crippen LogP contribution is -2.30. The second-order valence-corrected chi connectivity index (χ2v) is 6.69. The third-order valence-electron chi connectivity index (χ3n) is 4.72. The highest BCUT2D eigenvalue weighted by atomic mass is 19.1. The van der Waals surface area contributed by atoms with Crippen molar-refractivity contribution < 1.29 is 13.9 Å². The van der Waals surface area contributed by atoms with E-state index in [-0.39, 0.29) is 0 Å². The highest BCUT2D eigenvalue weighted by Crippen LogP contribution is 2.28. The second kappa shape index (κ2) is 8.77. The van der Waals surface area contributed by atoms with Crippen molar-refractivity contribution in [3.8, 4) is 16.9 Å². The number of halogens is 1. The highest BCUT2D eigenvalue weighted by molar-refractivity contribution is 5.94. The maximum absolute atomic E-state index is 12.3. The molecule has 0 atom stereocenters. The number of fused-ring (bicyclic) bond motifs is 1. The molecule has 27 heavy (non-hydrogen) atoms. The van der Waals surface area contributed by atoms with Gasteiger partial charge in [-0.1, -0.05) is 12.1 Å². The zero-order chi connectivity index (χ0) is 19.2. The Morgan fingerprint density at radius 3 is 2.56 bits per heavy atom. The Labute approximate surface area is 158 Å². The molecule has 0 unspecified atom stereocenters. The van der Waals surface area contributed by atoms with Crippen LogP contribution < -0.4 is 4.74 Å². The number of hydrogen-bond donors (Lipinski definition) is 1. The van der Waals surface area contributed by atoms with Crippen LogP contribution in [0.1, 0.15) is 23.2 Å². The van der Waals surface area contributed by atoms with Gasteiger partial charge in [0, 0.05) is 36.6 Å². The van der Waals surface area contributed by atoms with Gasteiger partial charge in [-0.05, 0) is 43.7 Å². The van der Waals surface area contributed by atoms with Crippen LogP contribution in [0.4, 0.5) is 4.39 Å². The first-order valence-electron chi connectivity index (χ1n) is 9.00. The van der Waals surface area contributed by atoms with E-state index in [1.54, 1.807) is 19.4 Å². The standard InChI is InChI=1S/C15H12N2O2.C6H12FN/c1-19-12-4-2-11(3-5-12)13-8-16-14-6-10(9-18)7-17-15(13)14;1-8-4-2-6(7)3-5-8/h2-9,16H,1H3;6H,2-5H2,1H3. The molecular weight excluding hydrogens is 345 g/mol. The molecular formula is C21H24FN3O2. The number of aldehydes is 1. The quantitative estimate of drug-likeness (QED) is 0.706. The van der Waals surface area contributed by atoms with Gasteiger partial charge in [-0.3, -0.25) is 9.78 Å². The summed E-state index contributed by atoms with van der Waals surface area (Å²) in [6.45, 7) is 1.86. The molecule has 142 valence electrons. The maximum Gasteiger partial charge on any atom is 0.151 e. The second-order valence-electron chi connectivity index (χ2n) is 6.69. The Kier molecular flexibility index (Phi) is 6.19. The van der Waals surface area contributed by atoms with Gasteiger partial charge >= 0.3 is 0 Å². The minimum absolute atomic E-state index is 0.522. The number of hydrogen-bond acceptors (Lipinski definition) is 4. The smallest absolute Gasteiger partial charge is 0.151 e. The predicted molar refractivity (Wildman–Crippen MR) is 105 cm³/mol. The monoisotopic (exact) mass is 369 g/mol. The lowest BCUT2D eigenvalue weighted by molar-refractivity contribution is 0.112. The van der Waals surface area contributed by atoms with E-state index in [1.807, 2.05) is 37.5 Å². The van der Waals surface area contributed by atoms with Crippen LogP contribution in [-0.2, 0) is 0 Å². The molecule has 0 bridgehead atoms. The van der Waals surface area contributed by atoms with Gasteiger partial charge in [-0.25, -0.2) is 4.39 Å². The number of piperidine rings is 1. The van der Waals surface area contributed by atoms with E-state index in [9.17, 15) is 9.18 Å². The summed E-state index contributed by atoms with van der Waals surface area (Å²) >= 11 is 0. The molecule has 3 heterocycles. The highest BCUT2D eigenvalue weighted by Gasteiger charge is 2.14. The average Bonchev–Trinajstić information content (AvgIpc) is 3.14. The molecule has 1 saturated heterocycles. The Bertz CT molecular complexity index is 874. The van der Waals surface area contributed by atoms with Gasteiger partial charge in [-0.2, -0.15) is 0 Å². The molecule has 5 nitrogen and oxygen atoms in total. The summed E-state index contributed by atoms with van der Waals surface area (Å²) in [4.78, 5) is 20.4.